The molecule has 3 rings (SSSR count). The molecule has 0 unspecified atom stereocenters. The molecule has 1 N–H and O–H groups in total. The number of thiophene rings is 1. The number of carboxylic acids is 1. The first-order valence-corrected chi connectivity index (χ1v) is 10.3. The van der Waals surface area contributed by atoms with E-state index in [1.54, 1.807) is 22.7 Å². The number of carbonyl (C=O) groups is 1. The van der Waals surface area contributed by atoms with Gasteiger partial charge in [0.25, 0.3) is 0 Å². The summed E-state index contributed by atoms with van der Waals surface area (Å²) in [5, 5.41) is 16.1. The van der Waals surface area contributed by atoms with E-state index >= 15 is 0 Å². The molecule has 0 aliphatic heterocycles. The van der Waals surface area contributed by atoms with Crippen LogP contribution in [0.2, 0.25) is 0 Å². The molecule has 0 radical (unpaired) electrons. The van der Waals surface area contributed by atoms with E-state index < -0.39 is 5.97 Å². The van der Waals surface area contributed by atoms with Crippen molar-refractivity contribution in [1.82, 2.24) is 9.55 Å². The van der Waals surface area contributed by atoms with Gasteiger partial charge in [-0.05, 0) is 44.2 Å². The molecule has 3 aromatic heterocycles. The van der Waals surface area contributed by atoms with Crippen LogP contribution in [-0.2, 0) is 11.3 Å². The lowest BCUT2D eigenvalue weighted by molar-refractivity contribution is -0.137. The number of nitrogens with zero attached hydrogens (tertiary/aromatic N) is 2. The molecule has 132 valence electrons. The first-order chi connectivity index (χ1) is 12.1. The van der Waals surface area contributed by atoms with Crippen molar-refractivity contribution in [2.75, 3.05) is 0 Å². The number of aliphatic carboxylic acids is 1. The highest BCUT2D eigenvalue weighted by atomic mass is 32.1. The summed E-state index contributed by atoms with van der Waals surface area (Å²) in [6.45, 7) is 5.20. The molecule has 0 bridgehead atoms. The molecule has 6 heteroatoms. The van der Waals surface area contributed by atoms with Crippen LogP contribution in [0.25, 0.3) is 21.8 Å². The largest absolute Gasteiger partial charge is 0.481 e. The number of hydrogen-bond acceptors (Lipinski definition) is 4. The zero-order valence-corrected chi connectivity index (χ0v) is 16.1. The molecule has 0 fully saturated rings. The van der Waals surface area contributed by atoms with Gasteiger partial charge in [-0.3, -0.25) is 4.79 Å². The summed E-state index contributed by atoms with van der Waals surface area (Å²) in [5.74, 6) is -0.708. The second-order valence-corrected chi connectivity index (χ2v) is 7.83. The predicted octanol–water partition coefficient (Wildman–Crippen LogP) is 5.60. The Hall–Kier alpha value is -1.92. The van der Waals surface area contributed by atoms with Crippen LogP contribution < -0.4 is 0 Å². The molecule has 0 saturated carbocycles. The van der Waals surface area contributed by atoms with Crippen LogP contribution >= 0.6 is 22.7 Å². The monoisotopic (exact) mass is 374 g/mol. The average molecular weight is 375 g/mol. The van der Waals surface area contributed by atoms with E-state index in [1.165, 1.54) is 22.5 Å². The Morgan fingerprint density at radius 3 is 2.80 bits per heavy atom. The van der Waals surface area contributed by atoms with Gasteiger partial charge in [0.1, 0.15) is 5.01 Å². The van der Waals surface area contributed by atoms with E-state index in [-0.39, 0.29) is 6.42 Å². The molecule has 0 atom stereocenters. The van der Waals surface area contributed by atoms with Gasteiger partial charge in [-0.1, -0.05) is 6.42 Å². The highest BCUT2D eigenvalue weighted by Crippen LogP contribution is 2.33. The maximum atomic E-state index is 10.6. The highest BCUT2D eigenvalue weighted by molar-refractivity contribution is 7.14. The minimum atomic E-state index is -0.708. The van der Waals surface area contributed by atoms with Crippen LogP contribution in [0.4, 0.5) is 0 Å². The number of carboxylic acid groups (broad SMARTS) is 1. The number of unbranched alkanes of at least 4 members (excludes halogenated alkanes) is 2. The zero-order valence-electron chi connectivity index (χ0n) is 14.5. The van der Waals surface area contributed by atoms with E-state index in [0.717, 1.165) is 36.5 Å². The average Bonchev–Trinajstić information content (AvgIpc) is 3.29. The molecule has 0 aliphatic rings. The van der Waals surface area contributed by atoms with Gasteiger partial charge in [0.15, 0.2) is 0 Å². The summed E-state index contributed by atoms with van der Waals surface area (Å²) in [6, 6.07) is 4.31. The van der Waals surface area contributed by atoms with Crippen molar-refractivity contribution in [3.63, 3.8) is 0 Å². The van der Waals surface area contributed by atoms with Crippen molar-refractivity contribution in [3.8, 4) is 21.8 Å². The van der Waals surface area contributed by atoms with Gasteiger partial charge < -0.3 is 9.67 Å². The summed E-state index contributed by atoms with van der Waals surface area (Å²) in [6.07, 6.45) is 2.95. The van der Waals surface area contributed by atoms with E-state index in [4.69, 9.17) is 10.1 Å². The van der Waals surface area contributed by atoms with Gasteiger partial charge in [-0.25, -0.2) is 4.98 Å². The summed E-state index contributed by atoms with van der Waals surface area (Å²) in [4.78, 5) is 15.4. The lowest BCUT2D eigenvalue weighted by Crippen LogP contribution is -2.03. The van der Waals surface area contributed by atoms with E-state index in [2.05, 4.69) is 46.7 Å². The van der Waals surface area contributed by atoms with Crippen LogP contribution in [0, 0.1) is 13.8 Å². The third-order valence-electron chi connectivity index (χ3n) is 4.39. The molecule has 0 spiro atoms. The Labute approximate surface area is 155 Å². The quantitative estimate of drug-likeness (QED) is 0.522. The topological polar surface area (TPSA) is 55.1 Å². The normalized spacial score (nSPS) is 11.1. The molecule has 3 aromatic rings. The van der Waals surface area contributed by atoms with Crippen LogP contribution in [0.15, 0.2) is 28.3 Å². The third kappa shape index (κ3) is 4.19. The second kappa shape index (κ2) is 7.97. The standard InChI is InChI=1S/C19H22N2O2S2/c1-13-10-16(14(2)21(13)8-5-3-4-6-18(22)23)17-12-25-19(20-17)15-7-9-24-11-15/h7,9-12H,3-6,8H2,1-2H3,(H,22,23). The van der Waals surface area contributed by atoms with Crippen LogP contribution in [0.5, 0.6) is 0 Å². The maximum absolute atomic E-state index is 10.6. The summed E-state index contributed by atoms with van der Waals surface area (Å²) in [7, 11) is 0. The van der Waals surface area contributed by atoms with Gasteiger partial charge >= 0.3 is 5.97 Å². The van der Waals surface area contributed by atoms with E-state index in [9.17, 15) is 4.79 Å². The van der Waals surface area contributed by atoms with Crippen LogP contribution in [0.3, 0.4) is 0 Å². The predicted molar refractivity (Wildman–Crippen MR) is 104 cm³/mol. The van der Waals surface area contributed by atoms with E-state index in [1.807, 2.05) is 0 Å². The first-order valence-electron chi connectivity index (χ1n) is 8.43. The van der Waals surface area contributed by atoms with Crippen LogP contribution in [0.1, 0.15) is 37.1 Å². The lowest BCUT2D eigenvalue weighted by Gasteiger charge is -2.09. The Morgan fingerprint density at radius 1 is 1.24 bits per heavy atom. The highest BCUT2D eigenvalue weighted by Gasteiger charge is 2.14. The molecule has 3 heterocycles. The first kappa shape index (κ1) is 17.9. The van der Waals surface area contributed by atoms with E-state index in [0.29, 0.717) is 0 Å². The molecular formula is C19H22N2O2S2. The molecule has 25 heavy (non-hydrogen) atoms. The maximum Gasteiger partial charge on any atom is 0.303 e. The van der Waals surface area contributed by atoms with Gasteiger partial charge in [-0.2, -0.15) is 11.3 Å². The fourth-order valence-electron chi connectivity index (χ4n) is 3.04. The van der Waals surface area contributed by atoms with Crippen molar-refractivity contribution < 1.29 is 9.90 Å². The van der Waals surface area contributed by atoms with Crippen molar-refractivity contribution in [2.45, 2.75) is 46.1 Å². The van der Waals surface area contributed by atoms with Crippen LogP contribution in [-0.4, -0.2) is 20.6 Å². The summed E-state index contributed by atoms with van der Waals surface area (Å²) >= 11 is 3.37. The molecular weight excluding hydrogens is 352 g/mol. The molecule has 0 saturated heterocycles. The van der Waals surface area contributed by atoms with Gasteiger partial charge in [0, 0.05) is 46.2 Å². The van der Waals surface area contributed by atoms with Crippen molar-refractivity contribution in [2.24, 2.45) is 0 Å². The second-order valence-electron chi connectivity index (χ2n) is 6.19. The number of thiazole rings is 1. The summed E-state index contributed by atoms with van der Waals surface area (Å²) < 4.78 is 2.32. The fraction of sp³-hybridized carbons (Fsp3) is 0.368. The number of aryl methyl sites for hydroxylation is 1. The zero-order chi connectivity index (χ0) is 17.8. The molecule has 4 nitrogen and oxygen atoms in total. The third-order valence-corrected chi connectivity index (χ3v) is 5.97. The molecule has 0 aliphatic carbocycles. The number of rotatable bonds is 8. The minimum Gasteiger partial charge on any atom is -0.481 e. The fourth-order valence-corrected chi connectivity index (χ4v) is 4.58. The summed E-state index contributed by atoms with van der Waals surface area (Å²) in [5.41, 5.74) is 5.89. The SMILES string of the molecule is Cc1cc(-c2csc(-c3ccsc3)n2)c(C)n1CCCCCC(=O)O. The van der Waals surface area contributed by atoms with Gasteiger partial charge in [0.05, 0.1) is 5.69 Å². The minimum absolute atomic E-state index is 0.263. The van der Waals surface area contributed by atoms with Crippen molar-refractivity contribution in [3.05, 3.63) is 39.7 Å². The smallest absolute Gasteiger partial charge is 0.303 e. The Kier molecular flexibility index (Phi) is 5.71. The Morgan fingerprint density at radius 2 is 2.08 bits per heavy atom. The van der Waals surface area contributed by atoms with Crippen molar-refractivity contribution in [1.29, 1.82) is 0 Å². The molecule has 0 aromatic carbocycles. The van der Waals surface area contributed by atoms with Crippen molar-refractivity contribution >= 4 is 28.6 Å². The molecule has 0 amide bonds. The lowest BCUT2D eigenvalue weighted by atomic mass is 10.2. The number of aromatic nitrogens is 2. The Balaban J connectivity index is 1.70. The number of hydrogen-bond donors (Lipinski definition) is 1. The van der Waals surface area contributed by atoms with Gasteiger partial charge in [0.2, 0.25) is 0 Å². The Bertz CT molecular complexity index is 847. The van der Waals surface area contributed by atoms with Gasteiger partial charge in [-0.15, -0.1) is 11.3 Å².